The summed E-state index contributed by atoms with van der Waals surface area (Å²) in [5, 5.41) is 8.93. The minimum Gasteiger partial charge on any atom is -0.506 e. The molecular weight excluding hydrogens is 161 g/mol. The molecule has 0 saturated heterocycles. The Hall–Kier alpha value is -1.58. The average Bonchev–Trinajstić information content (AvgIpc) is 1.96. The van der Waals surface area contributed by atoms with Crippen molar-refractivity contribution in [1.29, 1.82) is 0 Å². The van der Waals surface area contributed by atoms with Gasteiger partial charge < -0.3 is 10.8 Å². The Labute approximate surface area is 68.6 Å². The van der Waals surface area contributed by atoms with Crippen molar-refractivity contribution in [1.82, 2.24) is 0 Å². The lowest BCUT2D eigenvalue weighted by molar-refractivity contribution is 0.101. The molecule has 1 rings (SSSR count). The van der Waals surface area contributed by atoms with Crippen LogP contribution in [0.15, 0.2) is 12.1 Å². The SMILES string of the molecule is CC(=O)c1cc(N)c(O)cc1F. The van der Waals surface area contributed by atoms with Crippen LogP contribution in [0.25, 0.3) is 0 Å². The zero-order chi connectivity index (χ0) is 9.30. The molecule has 0 atom stereocenters. The van der Waals surface area contributed by atoms with Crippen LogP contribution in [0.2, 0.25) is 0 Å². The van der Waals surface area contributed by atoms with Gasteiger partial charge in [0.05, 0.1) is 11.3 Å². The van der Waals surface area contributed by atoms with E-state index in [0.717, 1.165) is 12.1 Å². The number of carbonyl (C=O) groups excluding carboxylic acids is 1. The number of aromatic hydroxyl groups is 1. The van der Waals surface area contributed by atoms with Crippen LogP contribution in [-0.2, 0) is 0 Å². The highest BCUT2D eigenvalue weighted by atomic mass is 19.1. The molecule has 1 aromatic rings. The molecule has 0 fully saturated rings. The molecular formula is C8H8FNO2. The monoisotopic (exact) mass is 169 g/mol. The van der Waals surface area contributed by atoms with Crippen molar-refractivity contribution in [3.8, 4) is 5.75 Å². The molecule has 0 aliphatic carbocycles. The second-order valence-electron chi connectivity index (χ2n) is 2.45. The van der Waals surface area contributed by atoms with Crippen LogP contribution in [0.3, 0.4) is 0 Å². The van der Waals surface area contributed by atoms with E-state index in [0.29, 0.717) is 0 Å². The predicted molar refractivity (Wildman–Crippen MR) is 42.5 cm³/mol. The topological polar surface area (TPSA) is 63.3 Å². The maximum absolute atomic E-state index is 12.8. The maximum Gasteiger partial charge on any atom is 0.162 e. The van der Waals surface area contributed by atoms with Crippen molar-refractivity contribution in [3.63, 3.8) is 0 Å². The van der Waals surface area contributed by atoms with E-state index in [4.69, 9.17) is 10.8 Å². The molecule has 64 valence electrons. The van der Waals surface area contributed by atoms with Crippen LogP contribution in [0.1, 0.15) is 17.3 Å². The minimum atomic E-state index is -0.755. The van der Waals surface area contributed by atoms with E-state index in [1.807, 2.05) is 0 Å². The molecule has 0 spiro atoms. The second-order valence-corrected chi connectivity index (χ2v) is 2.45. The number of ketones is 1. The Morgan fingerprint density at radius 1 is 1.58 bits per heavy atom. The van der Waals surface area contributed by atoms with Gasteiger partial charge in [0.1, 0.15) is 11.6 Å². The zero-order valence-corrected chi connectivity index (χ0v) is 6.47. The molecule has 0 aromatic heterocycles. The van der Waals surface area contributed by atoms with Crippen LogP contribution in [-0.4, -0.2) is 10.9 Å². The first kappa shape index (κ1) is 8.52. The number of phenols is 1. The summed E-state index contributed by atoms with van der Waals surface area (Å²) in [7, 11) is 0. The van der Waals surface area contributed by atoms with Crippen molar-refractivity contribution in [3.05, 3.63) is 23.5 Å². The number of hydrogen-bond donors (Lipinski definition) is 2. The van der Waals surface area contributed by atoms with Crippen molar-refractivity contribution in [2.24, 2.45) is 0 Å². The zero-order valence-electron chi connectivity index (χ0n) is 6.47. The van der Waals surface area contributed by atoms with Gasteiger partial charge >= 0.3 is 0 Å². The van der Waals surface area contributed by atoms with E-state index in [-0.39, 0.29) is 17.0 Å². The van der Waals surface area contributed by atoms with E-state index in [1.165, 1.54) is 6.92 Å². The van der Waals surface area contributed by atoms with Gasteiger partial charge in [-0.15, -0.1) is 0 Å². The number of nitrogens with two attached hydrogens (primary N) is 1. The van der Waals surface area contributed by atoms with Crippen LogP contribution in [0.5, 0.6) is 5.75 Å². The summed E-state index contributed by atoms with van der Waals surface area (Å²) in [6.45, 7) is 1.23. The lowest BCUT2D eigenvalue weighted by Gasteiger charge is -2.02. The van der Waals surface area contributed by atoms with Gasteiger partial charge in [-0.1, -0.05) is 0 Å². The van der Waals surface area contributed by atoms with Crippen molar-refractivity contribution in [2.75, 3.05) is 5.73 Å². The van der Waals surface area contributed by atoms with E-state index < -0.39 is 11.6 Å². The average molecular weight is 169 g/mol. The fourth-order valence-corrected chi connectivity index (χ4v) is 0.849. The van der Waals surface area contributed by atoms with Gasteiger partial charge in [0.2, 0.25) is 0 Å². The minimum absolute atomic E-state index is 0.00148. The highest BCUT2D eigenvalue weighted by Crippen LogP contribution is 2.23. The smallest absolute Gasteiger partial charge is 0.162 e. The third-order valence-corrected chi connectivity index (χ3v) is 1.50. The second kappa shape index (κ2) is 2.81. The summed E-state index contributed by atoms with van der Waals surface area (Å²) < 4.78 is 12.8. The van der Waals surface area contributed by atoms with E-state index in [1.54, 1.807) is 0 Å². The number of hydrogen-bond acceptors (Lipinski definition) is 3. The number of benzene rings is 1. The molecule has 0 saturated carbocycles. The summed E-state index contributed by atoms with van der Waals surface area (Å²) in [6, 6.07) is 1.94. The van der Waals surface area contributed by atoms with Crippen LogP contribution >= 0.6 is 0 Å². The molecule has 0 amide bonds. The number of anilines is 1. The summed E-state index contributed by atoms with van der Waals surface area (Å²) >= 11 is 0. The molecule has 0 radical (unpaired) electrons. The number of Topliss-reactive ketones (excluding diaryl/α,β-unsaturated/α-hetero) is 1. The Kier molecular flexibility index (Phi) is 1.99. The van der Waals surface area contributed by atoms with Gasteiger partial charge in [-0.3, -0.25) is 4.79 Å². The molecule has 0 heterocycles. The molecule has 0 unspecified atom stereocenters. The fraction of sp³-hybridized carbons (Fsp3) is 0.125. The van der Waals surface area contributed by atoms with Gasteiger partial charge in [-0.2, -0.15) is 0 Å². The summed E-state index contributed by atoms with van der Waals surface area (Å²) in [5.74, 6) is -1.52. The van der Waals surface area contributed by atoms with Gasteiger partial charge in [0.15, 0.2) is 5.78 Å². The highest BCUT2D eigenvalue weighted by molar-refractivity contribution is 5.95. The first-order valence-corrected chi connectivity index (χ1v) is 3.31. The number of carbonyl (C=O) groups is 1. The van der Waals surface area contributed by atoms with Crippen LogP contribution in [0, 0.1) is 5.82 Å². The number of nitrogen functional groups attached to an aromatic ring is 1. The predicted octanol–water partition coefficient (Wildman–Crippen LogP) is 1.32. The van der Waals surface area contributed by atoms with Crippen molar-refractivity contribution >= 4 is 11.5 Å². The summed E-state index contributed by atoms with van der Waals surface area (Å²) in [5.41, 5.74) is 5.15. The van der Waals surface area contributed by atoms with Crippen molar-refractivity contribution in [2.45, 2.75) is 6.92 Å². The molecule has 0 bridgehead atoms. The lowest BCUT2D eigenvalue weighted by Crippen LogP contribution is -1.99. The molecule has 0 aliphatic heterocycles. The van der Waals surface area contributed by atoms with Gasteiger partial charge in [0.25, 0.3) is 0 Å². The normalized spacial score (nSPS) is 9.83. The molecule has 12 heavy (non-hydrogen) atoms. The van der Waals surface area contributed by atoms with Gasteiger partial charge in [-0.25, -0.2) is 4.39 Å². The summed E-state index contributed by atoms with van der Waals surface area (Å²) in [6.07, 6.45) is 0. The first-order chi connectivity index (χ1) is 5.52. The lowest BCUT2D eigenvalue weighted by atomic mass is 10.1. The molecule has 1 aromatic carbocycles. The highest BCUT2D eigenvalue weighted by Gasteiger charge is 2.10. The van der Waals surface area contributed by atoms with Crippen LogP contribution < -0.4 is 5.73 Å². The number of rotatable bonds is 1. The largest absolute Gasteiger partial charge is 0.506 e. The fourth-order valence-electron chi connectivity index (χ4n) is 0.849. The standard InChI is InChI=1S/C8H8FNO2/c1-4(11)5-2-7(10)8(12)3-6(5)9/h2-3,12H,10H2,1H3. The number of phenolic OH excluding ortho intramolecular Hbond substituents is 1. The molecule has 4 heteroatoms. The van der Waals surface area contributed by atoms with E-state index in [9.17, 15) is 9.18 Å². The molecule has 0 aliphatic rings. The molecule has 3 nitrogen and oxygen atoms in total. The number of halogens is 1. The van der Waals surface area contributed by atoms with E-state index >= 15 is 0 Å². The maximum atomic E-state index is 12.8. The Morgan fingerprint density at radius 3 is 2.67 bits per heavy atom. The Morgan fingerprint density at radius 2 is 2.17 bits per heavy atom. The third kappa shape index (κ3) is 1.37. The Bertz CT molecular complexity index is 336. The third-order valence-electron chi connectivity index (χ3n) is 1.50. The van der Waals surface area contributed by atoms with E-state index in [2.05, 4.69) is 0 Å². The van der Waals surface area contributed by atoms with Gasteiger partial charge in [0, 0.05) is 6.07 Å². The van der Waals surface area contributed by atoms with Gasteiger partial charge in [-0.05, 0) is 13.0 Å². The quantitative estimate of drug-likeness (QED) is 0.378. The summed E-state index contributed by atoms with van der Waals surface area (Å²) in [4.78, 5) is 10.8. The molecule has 3 N–H and O–H groups in total. The first-order valence-electron chi connectivity index (χ1n) is 3.31. The van der Waals surface area contributed by atoms with Crippen molar-refractivity contribution < 1.29 is 14.3 Å². The van der Waals surface area contributed by atoms with Crippen LogP contribution in [0.4, 0.5) is 10.1 Å². The Balaban J connectivity index is 3.33.